The van der Waals surface area contributed by atoms with Gasteiger partial charge in [0, 0.05) is 16.5 Å². The summed E-state index contributed by atoms with van der Waals surface area (Å²) in [5, 5.41) is 1.12. The Kier molecular flexibility index (Phi) is 4.39. The van der Waals surface area contributed by atoms with Gasteiger partial charge in [0.2, 0.25) is 0 Å². The van der Waals surface area contributed by atoms with E-state index in [2.05, 4.69) is 0 Å². The Morgan fingerprint density at radius 3 is 2.17 bits per heavy atom. The molecular weight excluding hydrogens is 317 g/mol. The molecule has 0 heterocycles. The summed E-state index contributed by atoms with van der Waals surface area (Å²) in [6.07, 6.45) is 0. The lowest BCUT2D eigenvalue weighted by Crippen LogP contribution is -1.90. The second-order valence-corrected chi connectivity index (χ2v) is 5.17. The monoisotopic (exact) mass is 322 g/mol. The minimum atomic E-state index is -0.360. The molecule has 2 aromatic rings. The molecule has 0 aliphatic rings. The van der Waals surface area contributed by atoms with E-state index in [1.54, 1.807) is 12.1 Å². The van der Waals surface area contributed by atoms with Crippen molar-refractivity contribution in [3.05, 3.63) is 56.8 Å². The van der Waals surface area contributed by atoms with Crippen molar-refractivity contribution in [2.24, 2.45) is 0 Å². The predicted octanol–water partition coefficient (Wildman–Crippen LogP) is 6.19. The molecule has 0 unspecified atom stereocenters. The molecule has 0 saturated heterocycles. The Morgan fingerprint density at radius 2 is 1.50 bits per heavy atom. The van der Waals surface area contributed by atoms with Crippen LogP contribution in [0.3, 0.4) is 0 Å². The summed E-state index contributed by atoms with van der Waals surface area (Å²) in [6, 6.07) is 7.49. The molecule has 0 amide bonds. The SMILES string of the molecule is Fc1ccc(CCl)c(-c2cc(Cl)c(Cl)cc2Cl)c1. The van der Waals surface area contributed by atoms with Crippen LogP contribution in [0, 0.1) is 5.82 Å². The van der Waals surface area contributed by atoms with Crippen molar-refractivity contribution in [3.63, 3.8) is 0 Å². The quantitative estimate of drug-likeness (QED) is 0.456. The van der Waals surface area contributed by atoms with Gasteiger partial charge >= 0.3 is 0 Å². The van der Waals surface area contributed by atoms with Crippen LogP contribution in [-0.2, 0) is 5.88 Å². The molecule has 0 N–H and O–H groups in total. The van der Waals surface area contributed by atoms with Crippen LogP contribution in [0.15, 0.2) is 30.3 Å². The first-order valence-corrected chi connectivity index (χ1v) is 6.69. The second-order valence-electron chi connectivity index (χ2n) is 3.68. The fourth-order valence-electron chi connectivity index (χ4n) is 1.64. The minimum Gasteiger partial charge on any atom is -0.207 e. The van der Waals surface area contributed by atoms with Crippen LogP contribution in [0.1, 0.15) is 5.56 Å². The van der Waals surface area contributed by atoms with Crippen LogP contribution in [0.25, 0.3) is 11.1 Å². The standard InChI is InChI=1S/C13H7Cl4F/c14-6-7-1-2-8(18)3-9(7)10-4-12(16)13(17)5-11(10)15/h1-5H,6H2. The van der Waals surface area contributed by atoms with Gasteiger partial charge in [0.1, 0.15) is 5.82 Å². The lowest BCUT2D eigenvalue weighted by atomic mass is 10.0. The molecule has 2 aromatic carbocycles. The molecule has 2 rings (SSSR count). The number of benzene rings is 2. The van der Waals surface area contributed by atoms with Gasteiger partial charge in [-0.1, -0.05) is 40.9 Å². The van der Waals surface area contributed by atoms with Crippen molar-refractivity contribution in [2.45, 2.75) is 5.88 Å². The topological polar surface area (TPSA) is 0 Å². The molecule has 0 aliphatic carbocycles. The normalized spacial score (nSPS) is 10.7. The van der Waals surface area contributed by atoms with E-state index >= 15 is 0 Å². The molecule has 0 atom stereocenters. The molecule has 0 aromatic heterocycles. The summed E-state index contributed by atoms with van der Waals surface area (Å²) < 4.78 is 13.3. The summed E-state index contributed by atoms with van der Waals surface area (Å²) in [5.74, 6) is -0.104. The third-order valence-electron chi connectivity index (χ3n) is 2.52. The Labute approximate surface area is 124 Å². The number of rotatable bonds is 2. The van der Waals surface area contributed by atoms with E-state index < -0.39 is 0 Å². The van der Waals surface area contributed by atoms with Crippen molar-refractivity contribution in [1.29, 1.82) is 0 Å². The average Bonchev–Trinajstić information content (AvgIpc) is 2.34. The molecule has 0 fully saturated rings. The minimum absolute atomic E-state index is 0.256. The van der Waals surface area contributed by atoms with Gasteiger partial charge < -0.3 is 0 Å². The van der Waals surface area contributed by atoms with E-state index in [1.807, 2.05) is 0 Å². The van der Waals surface area contributed by atoms with Crippen LogP contribution >= 0.6 is 46.4 Å². The Morgan fingerprint density at radius 1 is 0.833 bits per heavy atom. The molecule has 0 nitrogen and oxygen atoms in total. The highest BCUT2D eigenvalue weighted by molar-refractivity contribution is 6.44. The number of halogens is 5. The molecule has 0 saturated carbocycles. The van der Waals surface area contributed by atoms with Crippen LogP contribution in [-0.4, -0.2) is 0 Å². The highest BCUT2D eigenvalue weighted by atomic mass is 35.5. The number of hydrogen-bond donors (Lipinski definition) is 0. The zero-order chi connectivity index (χ0) is 13.3. The summed E-state index contributed by atoms with van der Waals surface area (Å²) in [6.45, 7) is 0. The lowest BCUT2D eigenvalue weighted by molar-refractivity contribution is 0.628. The average molecular weight is 324 g/mol. The van der Waals surface area contributed by atoms with Crippen molar-refractivity contribution in [1.82, 2.24) is 0 Å². The van der Waals surface area contributed by atoms with Crippen LogP contribution in [0.5, 0.6) is 0 Å². The molecule has 0 aliphatic heterocycles. The van der Waals surface area contributed by atoms with Gasteiger partial charge in [-0.15, -0.1) is 11.6 Å². The molecule has 0 spiro atoms. The van der Waals surface area contributed by atoms with Gasteiger partial charge in [-0.3, -0.25) is 0 Å². The van der Waals surface area contributed by atoms with Gasteiger partial charge in [0.25, 0.3) is 0 Å². The van der Waals surface area contributed by atoms with E-state index in [0.717, 1.165) is 5.56 Å². The summed E-state index contributed by atoms with van der Waals surface area (Å²) in [4.78, 5) is 0. The van der Waals surface area contributed by atoms with Gasteiger partial charge in [0.15, 0.2) is 0 Å². The zero-order valence-electron chi connectivity index (χ0n) is 8.98. The van der Waals surface area contributed by atoms with Crippen molar-refractivity contribution < 1.29 is 4.39 Å². The van der Waals surface area contributed by atoms with Crippen molar-refractivity contribution >= 4 is 46.4 Å². The maximum absolute atomic E-state index is 13.3. The summed E-state index contributed by atoms with van der Waals surface area (Å²) >= 11 is 23.8. The summed E-state index contributed by atoms with van der Waals surface area (Å²) in [7, 11) is 0. The van der Waals surface area contributed by atoms with Crippen LogP contribution in [0.4, 0.5) is 4.39 Å². The largest absolute Gasteiger partial charge is 0.207 e. The van der Waals surface area contributed by atoms with E-state index in [1.165, 1.54) is 18.2 Å². The van der Waals surface area contributed by atoms with E-state index in [-0.39, 0.29) is 11.7 Å². The highest BCUT2D eigenvalue weighted by Gasteiger charge is 2.12. The van der Waals surface area contributed by atoms with E-state index in [9.17, 15) is 4.39 Å². The molecule has 0 radical (unpaired) electrons. The van der Waals surface area contributed by atoms with Crippen LogP contribution < -0.4 is 0 Å². The van der Waals surface area contributed by atoms with Gasteiger partial charge in [0.05, 0.1) is 10.0 Å². The molecule has 5 heteroatoms. The Hall–Kier alpha value is -0.470. The fraction of sp³-hybridized carbons (Fsp3) is 0.0769. The Bertz CT molecular complexity index is 596. The van der Waals surface area contributed by atoms with Crippen molar-refractivity contribution in [2.75, 3.05) is 0 Å². The Balaban J connectivity index is 2.68. The molecule has 94 valence electrons. The van der Waals surface area contributed by atoms with Crippen LogP contribution in [0.2, 0.25) is 15.1 Å². The second kappa shape index (κ2) is 5.66. The van der Waals surface area contributed by atoms with E-state index in [4.69, 9.17) is 46.4 Å². The first kappa shape index (κ1) is 14.0. The number of hydrogen-bond acceptors (Lipinski definition) is 0. The molecule has 18 heavy (non-hydrogen) atoms. The van der Waals surface area contributed by atoms with Gasteiger partial charge in [-0.25, -0.2) is 4.39 Å². The maximum atomic E-state index is 13.3. The number of alkyl halides is 1. The van der Waals surface area contributed by atoms with Gasteiger partial charge in [-0.2, -0.15) is 0 Å². The van der Waals surface area contributed by atoms with Crippen molar-refractivity contribution in [3.8, 4) is 11.1 Å². The lowest BCUT2D eigenvalue weighted by Gasteiger charge is -2.11. The maximum Gasteiger partial charge on any atom is 0.123 e. The third kappa shape index (κ3) is 2.75. The first-order chi connectivity index (χ1) is 8.52. The fourth-order valence-corrected chi connectivity index (χ4v) is 2.53. The predicted molar refractivity (Wildman–Crippen MR) is 76.4 cm³/mol. The highest BCUT2D eigenvalue weighted by Crippen LogP contribution is 2.37. The zero-order valence-corrected chi connectivity index (χ0v) is 12.0. The summed E-state index contributed by atoms with van der Waals surface area (Å²) in [5.41, 5.74) is 2.01. The van der Waals surface area contributed by atoms with Gasteiger partial charge in [-0.05, 0) is 35.4 Å². The third-order valence-corrected chi connectivity index (χ3v) is 3.84. The molecular formula is C13H7Cl4F. The van der Waals surface area contributed by atoms with E-state index in [0.29, 0.717) is 26.2 Å². The smallest absolute Gasteiger partial charge is 0.123 e. The molecule has 0 bridgehead atoms. The first-order valence-electron chi connectivity index (χ1n) is 5.02.